The average Bonchev–Trinajstić information content (AvgIpc) is 3.15. The van der Waals surface area contributed by atoms with Gasteiger partial charge in [0.25, 0.3) is 5.89 Å². The van der Waals surface area contributed by atoms with Crippen LogP contribution in [0, 0.1) is 6.92 Å². The minimum absolute atomic E-state index is 0.252. The molecule has 0 saturated carbocycles. The van der Waals surface area contributed by atoms with Crippen LogP contribution < -0.4 is 0 Å². The monoisotopic (exact) mass is 298 g/mol. The molecule has 3 aromatic rings. The van der Waals surface area contributed by atoms with Crippen LogP contribution in [0.4, 0.5) is 0 Å². The second kappa shape index (κ2) is 5.67. The van der Waals surface area contributed by atoms with Gasteiger partial charge in [0.2, 0.25) is 5.82 Å². The second-order valence-corrected chi connectivity index (χ2v) is 5.57. The normalized spacial score (nSPS) is 12.8. The lowest BCUT2D eigenvalue weighted by atomic mass is 10.0. The Kier molecular flexibility index (Phi) is 3.70. The van der Waals surface area contributed by atoms with E-state index in [1.165, 1.54) is 10.4 Å². The molecular weight excluding hydrogens is 280 g/mol. The summed E-state index contributed by atoms with van der Waals surface area (Å²) >= 11 is 0. The fourth-order valence-electron chi connectivity index (χ4n) is 2.10. The summed E-state index contributed by atoms with van der Waals surface area (Å²) in [6.45, 7) is 7.99. The minimum Gasteiger partial charge on any atom is -0.337 e. The van der Waals surface area contributed by atoms with Crippen LogP contribution in [0.3, 0.4) is 0 Å². The first-order chi connectivity index (χ1) is 10.5. The van der Waals surface area contributed by atoms with E-state index in [1.54, 1.807) is 6.92 Å². The number of benzene rings is 1. The molecule has 2 heterocycles. The van der Waals surface area contributed by atoms with Gasteiger partial charge in [-0.05, 0) is 30.5 Å². The van der Waals surface area contributed by atoms with E-state index >= 15 is 0 Å². The third-order valence-corrected chi connectivity index (χ3v) is 3.51. The van der Waals surface area contributed by atoms with Gasteiger partial charge in [0.1, 0.15) is 6.04 Å². The Morgan fingerprint density at radius 3 is 2.41 bits per heavy atom. The Labute approximate surface area is 128 Å². The lowest BCUT2D eigenvalue weighted by molar-refractivity contribution is 0.319. The van der Waals surface area contributed by atoms with Gasteiger partial charge in [0.05, 0.1) is 0 Å². The highest BCUT2D eigenvalue weighted by atomic mass is 16.5. The number of nitrogens with zero attached hydrogens (tertiary/aromatic N) is 6. The number of hydrogen-bond donors (Lipinski definition) is 0. The van der Waals surface area contributed by atoms with Crippen LogP contribution in [0.5, 0.6) is 0 Å². The number of aromatic nitrogens is 6. The van der Waals surface area contributed by atoms with E-state index in [9.17, 15) is 0 Å². The molecule has 0 aliphatic rings. The molecule has 0 spiro atoms. The molecule has 0 saturated heterocycles. The van der Waals surface area contributed by atoms with E-state index in [-0.39, 0.29) is 6.04 Å². The van der Waals surface area contributed by atoms with Crippen LogP contribution >= 0.6 is 0 Å². The van der Waals surface area contributed by atoms with E-state index in [4.69, 9.17) is 4.52 Å². The SMILES string of the molecule is Cc1noc([C@@H](C)n2nnc(-c3ccc(C(C)C)cc3)n2)n1. The van der Waals surface area contributed by atoms with E-state index in [2.05, 4.69) is 51.5 Å². The van der Waals surface area contributed by atoms with Gasteiger partial charge in [-0.2, -0.15) is 9.78 Å². The molecule has 7 heteroatoms. The molecular formula is C15H18N6O. The van der Waals surface area contributed by atoms with Crippen molar-refractivity contribution in [2.75, 3.05) is 0 Å². The van der Waals surface area contributed by atoms with Crippen LogP contribution in [-0.4, -0.2) is 30.3 Å². The molecule has 0 bridgehead atoms. The quantitative estimate of drug-likeness (QED) is 0.736. The lowest BCUT2D eigenvalue weighted by Gasteiger charge is -2.05. The first-order valence-electron chi connectivity index (χ1n) is 7.24. The van der Waals surface area contributed by atoms with Crippen molar-refractivity contribution in [2.45, 2.75) is 39.7 Å². The third kappa shape index (κ3) is 2.74. The van der Waals surface area contributed by atoms with E-state index < -0.39 is 0 Å². The van der Waals surface area contributed by atoms with Crippen molar-refractivity contribution in [1.82, 2.24) is 30.3 Å². The van der Waals surface area contributed by atoms with Gasteiger partial charge in [-0.3, -0.25) is 0 Å². The first kappa shape index (κ1) is 14.4. The van der Waals surface area contributed by atoms with Gasteiger partial charge in [-0.1, -0.05) is 43.3 Å². The maximum atomic E-state index is 5.15. The van der Waals surface area contributed by atoms with Crippen molar-refractivity contribution < 1.29 is 4.52 Å². The Morgan fingerprint density at radius 2 is 1.82 bits per heavy atom. The van der Waals surface area contributed by atoms with Gasteiger partial charge < -0.3 is 4.52 Å². The predicted octanol–water partition coefficient (Wildman–Crippen LogP) is 2.76. The summed E-state index contributed by atoms with van der Waals surface area (Å²) in [5.74, 6) is 2.14. The van der Waals surface area contributed by atoms with Gasteiger partial charge in [-0.15, -0.1) is 10.2 Å². The summed E-state index contributed by atoms with van der Waals surface area (Å²) in [6, 6.07) is 7.95. The number of tetrazole rings is 1. The number of hydrogen-bond acceptors (Lipinski definition) is 6. The zero-order valence-corrected chi connectivity index (χ0v) is 13.1. The van der Waals surface area contributed by atoms with E-state index in [0.29, 0.717) is 23.5 Å². The highest BCUT2D eigenvalue weighted by molar-refractivity contribution is 5.54. The highest BCUT2D eigenvalue weighted by Crippen LogP contribution is 2.20. The van der Waals surface area contributed by atoms with E-state index in [1.807, 2.05) is 19.1 Å². The van der Waals surface area contributed by atoms with Crippen molar-refractivity contribution in [2.24, 2.45) is 0 Å². The Morgan fingerprint density at radius 1 is 1.09 bits per heavy atom. The number of rotatable bonds is 4. The topological polar surface area (TPSA) is 82.5 Å². The smallest absolute Gasteiger partial charge is 0.253 e. The highest BCUT2D eigenvalue weighted by Gasteiger charge is 2.18. The molecule has 0 aliphatic carbocycles. The molecule has 1 aromatic carbocycles. The minimum atomic E-state index is -0.252. The standard InChI is InChI=1S/C15H18N6O/c1-9(2)12-5-7-13(8-6-12)14-17-20-21(18-14)10(3)15-16-11(4)19-22-15/h5-10H,1-4H3/t10-/m1/s1. The molecule has 0 aliphatic heterocycles. The molecule has 0 fully saturated rings. The Balaban J connectivity index is 1.84. The lowest BCUT2D eigenvalue weighted by Crippen LogP contribution is -2.11. The zero-order chi connectivity index (χ0) is 15.7. The molecule has 3 rings (SSSR count). The van der Waals surface area contributed by atoms with Crippen molar-refractivity contribution in [3.8, 4) is 11.4 Å². The van der Waals surface area contributed by atoms with Crippen molar-refractivity contribution in [3.63, 3.8) is 0 Å². The van der Waals surface area contributed by atoms with Gasteiger partial charge >= 0.3 is 0 Å². The Bertz CT molecular complexity index is 758. The summed E-state index contributed by atoms with van der Waals surface area (Å²) in [4.78, 5) is 5.68. The van der Waals surface area contributed by atoms with Gasteiger partial charge in [0.15, 0.2) is 5.82 Å². The fraction of sp³-hybridized carbons (Fsp3) is 0.400. The van der Waals surface area contributed by atoms with Gasteiger partial charge in [-0.25, -0.2) is 0 Å². The summed E-state index contributed by atoms with van der Waals surface area (Å²) in [5.41, 5.74) is 2.22. The fourth-order valence-corrected chi connectivity index (χ4v) is 2.10. The summed E-state index contributed by atoms with van der Waals surface area (Å²) in [7, 11) is 0. The molecule has 1 atom stereocenters. The second-order valence-electron chi connectivity index (χ2n) is 5.57. The van der Waals surface area contributed by atoms with Crippen molar-refractivity contribution in [1.29, 1.82) is 0 Å². The molecule has 0 N–H and O–H groups in total. The summed E-state index contributed by atoms with van der Waals surface area (Å²) in [5, 5.41) is 16.4. The first-order valence-corrected chi connectivity index (χ1v) is 7.24. The van der Waals surface area contributed by atoms with Crippen molar-refractivity contribution in [3.05, 3.63) is 41.5 Å². The number of aryl methyl sites for hydroxylation is 1. The third-order valence-electron chi connectivity index (χ3n) is 3.51. The average molecular weight is 298 g/mol. The molecule has 0 amide bonds. The predicted molar refractivity (Wildman–Crippen MR) is 80.2 cm³/mol. The van der Waals surface area contributed by atoms with Crippen LogP contribution in [0.2, 0.25) is 0 Å². The summed E-state index contributed by atoms with van der Waals surface area (Å²) in [6.07, 6.45) is 0. The molecule has 114 valence electrons. The molecule has 0 radical (unpaired) electrons. The molecule has 7 nitrogen and oxygen atoms in total. The largest absolute Gasteiger partial charge is 0.337 e. The van der Waals surface area contributed by atoms with Crippen LogP contribution in [0.25, 0.3) is 11.4 Å². The Hall–Kier alpha value is -2.57. The zero-order valence-electron chi connectivity index (χ0n) is 13.1. The van der Waals surface area contributed by atoms with Crippen LogP contribution in [-0.2, 0) is 0 Å². The summed E-state index contributed by atoms with van der Waals surface area (Å²) < 4.78 is 5.15. The van der Waals surface area contributed by atoms with Crippen LogP contribution in [0.15, 0.2) is 28.8 Å². The van der Waals surface area contributed by atoms with Gasteiger partial charge in [0, 0.05) is 5.56 Å². The van der Waals surface area contributed by atoms with Crippen molar-refractivity contribution >= 4 is 0 Å². The van der Waals surface area contributed by atoms with Crippen LogP contribution in [0.1, 0.15) is 50.0 Å². The van der Waals surface area contributed by atoms with E-state index in [0.717, 1.165) is 5.56 Å². The molecule has 2 aromatic heterocycles. The molecule has 0 unspecified atom stereocenters. The molecule has 22 heavy (non-hydrogen) atoms. The maximum Gasteiger partial charge on any atom is 0.253 e. The maximum absolute atomic E-state index is 5.15.